The third-order valence-electron chi connectivity index (χ3n) is 2.25. The van der Waals surface area contributed by atoms with Gasteiger partial charge in [-0.05, 0) is 17.7 Å². The Labute approximate surface area is 97.4 Å². The van der Waals surface area contributed by atoms with Gasteiger partial charge in [0, 0.05) is 0 Å². The first-order valence-corrected chi connectivity index (χ1v) is 4.67. The van der Waals surface area contributed by atoms with Crippen LogP contribution >= 0.6 is 0 Å². The molecule has 1 atom stereocenters. The van der Waals surface area contributed by atoms with Crippen LogP contribution in [0.4, 0.5) is 30.7 Å². The molecule has 102 valence electrons. The molecule has 8 heteroatoms. The fraction of sp³-hybridized carbons (Fsp3) is 0.400. The Hall–Kier alpha value is -1.31. The van der Waals surface area contributed by atoms with Crippen LogP contribution in [0.3, 0.4) is 0 Å². The Bertz CT molecular complexity index is 421. The van der Waals surface area contributed by atoms with Gasteiger partial charge in [0.1, 0.15) is 6.67 Å². The molecule has 1 aromatic rings. The van der Waals surface area contributed by atoms with Gasteiger partial charge in [-0.25, -0.2) is 4.39 Å². The van der Waals surface area contributed by atoms with Gasteiger partial charge in [0.25, 0.3) is 0 Å². The quantitative estimate of drug-likeness (QED) is 0.818. The zero-order valence-corrected chi connectivity index (χ0v) is 8.74. The molecule has 1 aromatic carbocycles. The van der Waals surface area contributed by atoms with E-state index in [1.807, 2.05) is 0 Å². The number of hydrogen-bond acceptors (Lipinski definition) is 1. The molecule has 2 N–H and O–H groups in total. The normalized spacial score (nSPS) is 14.7. The maximum absolute atomic E-state index is 12.6. The summed E-state index contributed by atoms with van der Waals surface area (Å²) < 4.78 is 86.9. The summed E-state index contributed by atoms with van der Waals surface area (Å²) in [4.78, 5) is 0. The van der Waals surface area contributed by atoms with E-state index in [1.54, 1.807) is 0 Å². The lowest BCUT2D eigenvalue weighted by Gasteiger charge is -2.18. The third-order valence-corrected chi connectivity index (χ3v) is 2.25. The van der Waals surface area contributed by atoms with E-state index in [0.29, 0.717) is 12.1 Å². The molecule has 0 aliphatic rings. The van der Waals surface area contributed by atoms with Crippen LogP contribution in [0.5, 0.6) is 0 Å². The molecule has 0 saturated heterocycles. The second kappa shape index (κ2) is 4.75. The monoisotopic (exact) mass is 275 g/mol. The number of nitrogens with two attached hydrogens (primary N) is 1. The highest BCUT2D eigenvalue weighted by Crippen LogP contribution is 2.38. The molecule has 0 bridgehead atoms. The van der Waals surface area contributed by atoms with Gasteiger partial charge in [-0.2, -0.15) is 26.3 Å². The Balaban J connectivity index is 3.40. The molecule has 0 aliphatic heterocycles. The van der Waals surface area contributed by atoms with Crippen molar-refractivity contribution in [1.82, 2.24) is 0 Å². The number of halogens is 7. The molecule has 1 nitrogen and oxygen atoms in total. The lowest BCUT2D eigenvalue weighted by atomic mass is 9.98. The average Bonchev–Trinajstić information content (AvgIpc) is 2.24. The topological polar surface area (TPSA) is 26.0 Å². The van der Waals surface area contributed by atoms with E-state index in [4.69, 9.17) is 5.73 Å². The van der Waals surface area contributed by atoms with Crippen molar-refractivity contribution in [1.29, 1.82) is 0 Å². The van der Waals surface area contributed by atoms with E-state index in [2.05, 4.69) is 0 Å². The van der Waals surface area contributed by atoms with E-state index in [-0.39, 0.29) is 6.07 Å². The van der Waals surface area contributed by atoms with Crippen LogP contribution in [0.15, 0.2) is 18.2 Å². The van der Waals surface area contributed by atoms with Gasteiger partial charge in [0.05, 0.1) is 17.2 Å². The summed E-state index contributed by atoms with van der Waals surface area (Å²) in [6.07, 6.45) is -9.93. The third kappa shape index (κ3) is 3.12. The summed E-state index contributed by atoms with van der Waals surface area (Å²) in [6.45, 7) is -1.30. The van der Waals surface area contributed by atoms with Gasteiger partial charge in [-0.15, -0.1) is 0 Å². The molecular weight excluding hydrogens is 267 g/mol. The van der Waals surface area contributed by atoms with Crippen molar-refractivity contribution in [3.8, 4) is 0 Å². The highest BCUT2D eigenvalue weighted by atomic mass is 19.4. The maximum Gasteiger partial charge on any atom is 0.416 e. The summed E-state index contributed by atoms with van der Waals surface area (Å²) in [5.41, 5.74) is 1.38. The van der Waals surface area contributed by atoms with Crippen LogP contribution in [0, 0.1) is 0 Å². The molecule has 0 radical (unpaired) electrons. The molecule has 0 spiro atoms. The Kier molecular flexibility index (Phi) is 3.89. The van der Waals surface area contributed by atoms with Crippen molar-refractivity contribution in [3.05, 3.63) is 34.9 Å². The number of hydrogen-bond donors (Lipinski definition) is 1. The van der Waals surface area contributed by atoms with Gasteiger partial charge in [0.15, 0.2) is 0 Å². The summed E-state index contributed by atoms with van der Waals surface area (Å²) in [6, 6.07) is -0.676. The Morgan fingerprint density at radius 2 is 1.56 bits per heavy atom. The van der Waals surface area contributed by atoms with Crippen LogP contribution < -0.4 is 5.73 Å². The minimum absolute atomic E-state index is 0.0646. The number of benzene rings is 1. The second-order valence-electron chi connectivity index (χ2n) is 3.56. The molecule has 0 amide bonds. The molecule has 0 saturated carbocycles. The van der Waals surface area contributed by atoms with E-state index in [1.165, 1.54) is 0 Å². The highest BCUT2D eigenvalue weighted by Gasteiger charge is 2.38. The number of rotatable bonds is 2. The zero-order chi connectivity index (χ0) is 14.1. The first kappa shape index (κ1) is 14.7. The lowest BCUT2D eigenvalue weighted by molar-refractivity contribution is -0.143. The van der Waals surface area contributed by atoms with Crippen LogP contribution in [-0.2, 0) is 12.4 Å². The standard InChI is InChI=1S/C10H8F7N/c11-4-8(18)6-2-1-5(9(12,13)14)3-7(6)10(15,16)17/h1-3,8H,4,18H2/t8-/m0/s1. The number of alkyl halides is 7. The predicted octanol–water partition coefficient (Wildman–Crippen LogP) is 3.69. The van der Waals surface area contributed by atoms with Crippen LogP contribution in [0.1, 0.15) is 22.7 Å². The van der Waals surface area contributed by atoms with E-state index >= 15 is 0 Å². The van der Waals surface area contributed by atoms with E-state index in [9.17, 15) is 30.7 Å². The molecule has 0 aliphatic carbocycles. The summed E-state index contributed by atoms with van der Waals surface area (Å²) in [5.74, 6) is 0. The van der Waals surface area contributed by atoms with E-state index in [0.717, 1.165) is 0 Å². The molecule has 0 unspecified atom stereocenters. The van der Waals surface area contributed by atoms with Crippen molar-refractivity contribution in [2.75, 3.05) is 6.67 Å². The largest absolute Gasteiger partial charge is 0.416 e. The van der Waals surface area contributed by atoms with Crippen molar-refractivity contribution in [3.63, 3.8) is 0 Å². The zero-order valence-electron chi connectivity index (χ0n) is 8.74. The molecule has 1 rings (SSSR count). The fourth-order valence-electron chi connectivity index (χ4n) is 1.38. The van der Waals surface area contributed by atoms with E-state index < -0.39 is 41.8 Å². The first-order valence-electron chi connectivity index (χ1n) is 4.67. The minimum atomic E-state index is -5.02. The molecule has 0 heterocycles. The predicted molar refractivity (Wildman–Crippen MR) is 49.3 cm³/mol. The van der Waals surface area contributed by atoms with Crippen molar-refractivity contribution >= 4 is 0 Å². The van der Waals surface area contributed by atoms with Gasteiger partial charge in [-0.3, -0.25) is 0 Å². The second-order valence-corrected chi connectivity index (χ2v) is 3.56. The van der Waals surface area contributed by atoms with Crippen molar-refractivity contribution < 1.29 is 30.7 Å². The van der Waals surface area contributed by atoms with Crippen LogP contribution in [0.25, 0.3) is 0 Å². The molecular formula is C10H8F7N. The van der Waals surface area contributed by atoms with Crippen LogP contribution in [0.2, 0.25) is 0 Å². The van der Waals surface area contributed by atoms with Crippen molar-refractivity contribution in [2.24, 2.45) is 5.73 Å². The summed E-state index contributed by atoms with van der Waals surface area (Å²) in [5, 5.41) is 0. The smallest absolute Gasteiger partial charge is 0.322 e. The van der Waals surface area contributed by atoms with Crippen molar-refractivity contribution in [2.45, 2.75) is 18.4 Å². The fourth-order valence-corrected chi connectivity index (χ4v) is 1.38. The first-order chi connectivity index (χ1) is 8.07. The highest BCUT2D eigenvalue weighted by molar-refractivity contribution is 5.37. The van der Waals surface area contributed by atoms with Crippen LogP contribution in [-0.4, -0.2) is 6.67 Å². The maximum atomic E-state index is 12.6. The SMILES string of the molecule is N[C@@H](CF)c1ccc(C(F)(F)F)cc1C(F)(F)F. The summed E-state index contributed by atoms with van der Waals surface area (Å²) >= 11 is 0. The molecule has 0 aromatic heterocycles. The minimum Gasteiger partial charge on any atom is -0.322 e. The Morgan fingerprint density at radius 1 is 1.00 bits per heavy atom. The average molecular weight is 275 g/mol. The Morgan fingerprint density at radius 3 is 1.94 bits per heavy atom. The molecule has 0 fully saturated rings. The van der Waals surface area contributed by atoms with Gasteiger partial charge in [0.2, 0.25) is 0 Å². The van der Waals surface area contributed by atoms with Gasteiger partial charge >= 0.3 is 12.4 Å². The molecule has 18 heavy (non-hydrogen) atoms. The summed E-state index contributed by atoms with van der Waals surface area (Å²) in [7, 11) is 0. The van der Waals surface area contributed by atoms with Gasteiger partial charge < -0.3 is 5.73 Å². The van der Waals surface area contributed by atoms with Gasteiger partial charge in [-0.1, -0.05) is 6.07 Å². The lowest BCUT2D eigenvalue weighted by Crippen LogP contribution is -2.20.